The summed E-state index contributed by atoms with van der Waals surface area (Å²) in [6, 6.07) is 58.2. The van der Waals surface area contributed by atoms with Crippen LogP contribution < -0.4 is 0 Å². The van der Waals surface area contributed by atoms with E-state index in [9.17, 15) is 0 Å². The van der Waals surface area contributed by atoms with Gasteiger partial charge in [-0.1, -0.05) is 168 Å². The fourth-order valence-corrected chi connectivity index (χ4v) is 7.54. The van der Waals surface area contributed by atoms with Crippen molar-refractivity contribution in [3.8, 4) is 44.5 Å². The molecule has 0 atom stereocenters. The highest BCUT2D eigenvalue weighted by molar-refractivity contribution is 14.1. The highest BCUT2D eigenvalue weighted by Crippen LogP contribution is 2.46. The molecule has 0 aromatic heterocycles. The van der Waals surface area contributed by atoms with Crippen LogP contribution in [-0.2, 0) is 0 Å². The van der Waals surface area contributed by atoms with Gasteiger partial charge >= 0.3 is 0 Å². The van der Waals surface area contributed by atoms with Crippen molar-refractivity contribution >= 4 is 60.5 Å². The molecule has 0 fully saturated rings. The molecule has 0 saturated carbocycles. The summed E-state index contributed by atoms with van der Waals surface area (Å²) in [5.74, 6) is 0. The summed E-state index contributed by atoms with van der Waals surface area (Å²) in [7, 11) is 0. The van der Waals surface area contributed by atoms with Gasteiger partial charge in [0.2, 0.25) is 0 Å². The molecule has 0 unspecified atom stereocenters. The molecule has 0 aliphatic heterocycles. The van der Waals surface area contributed by atoms with Crippen LogP contribution in [0, 0.1) is 0 Å². The molecule has 9 rings (SSSR count). The van der Waals surface area contributed by atoms with Crippen LogP contribution in [0.25, 0.3) is 82.4 Å². The molecular weight excluding hydrogens is 679 g/mol. The van der Waals surface area contributed by atoms with E-state index >= 15 is 0 Å². The number of hydrogen-bond donors (Lipinski definition) is 0. The minimum Gasteiger partial charge on any atom is -0.0616 e. The highest BCUT2D eigenvalue weighted by Gasteiger charge is 2.23. The van der Waals surface area contributed by atoms with Gasteiger partial charge in [0.15, 0.2) is 0 Å². The molecule has 0 amide bonds. The maximum Gasteiger partial charge on any atom is -0.00928 e. The van der Waals surface area contributed by atoms with Crippen LogP contribution in [0.1, 0.15) is 11.1 Å². The summed E-state index contributed by atoms with van der Waals surface area (Å²) in [5, 5.41) is 7.66. The molecular formula is C46H29I. The zero-order valence-electron chi connectivity index (χ0n) is 25.6. The molecule has 0 N–H and O–H groups in total. The zero-order valence-corrected chi connectivity index (χ0v) is 27.8. The van der Waals surface area contributed by atoms with Gasteiger partial charge in [-0.3, -0.25) is 0 Å². The summed E-state index contributed by atoms with van der Waals surface area (Å²) < 4.78 is 2.06. The second kappa shape index (κ2) is 11.5. The average molecular weight is 709 g/mol. The second-order valence-corrected chi connectivity index (χ2v) is 13.0. The monoisotopic (exact) mass is 708 g/mol. The lowest BCUT2D eigenvalue weighted by atomic mass is 9.91. The van der Waals surface area contributed by atoms with Crippen molar-refractivity contribution in [2.24, 2.45) is 0 Å². The van der Waals surface area contributed by atoms with Crippen LogP contribution >= 0.6 is 22.6 Å². The second-order valence-electron chi connectivity index (χ2n) is 12.2. The Morgan fingerprint density at radius 3 is 1.70 bits per heavy atom. The Balaban J connectivity index is 1.07. The quantitative estimate of drug-likeness (QED) is 0.126. The first kappa shape index (κ1) is 28.0. The lowest BCUT2D eigenvalue weighted by Gasteiger charge is -2.12. The standard InChI is InChI=1S/C46H29I/c47-25-7-14-43-40-11-4-5-12-41(40)44-24-23-34(28-46(43)44)31-17-15-30(16-18-31)33-21-19-32-20-22-36(27-37(32)26-33)45-29-35-8-1-2-9-38(35)39-10-3-6-13-42(39)45/h1-29H/b25-7-,43-14-. The molecule has 0 nitrogen and oxygen atoms in total. The molecule has 0 saturated heterocycles. The first-order valence-electron chi connectivity index (χ1n) is 16.0. The molecule has 220 valence electrons. The number of halogens is 1. The van der Waals surface area contributed by atoms with E-state index in [4.69, 9.17) is 0 Å². The van der Waals surface area contributed by atoms with Crippen LogP contribution in [-0.4, -0.2) is 0 Å². The largest absolute Gasteiger partial charge is 0.0616 e. The van der Waals surface area contributed by atoms with Gasteiger partial charge in [0.1, 0.15) is 0 Å². The molecule has 0 radical (unpaired) electrons. The fourth-order valence-electron chi connectivity index (χ4n) is 7.33. The SMILES string of the molecule is I/C=C\C=C1\c2ccccc2-c2ccc(-c3ccc(-c4ccc5ccc(-c6cc7ccccc7c7ccccc67)cc5c4)cc3)cc21. The highest BCUT2D eigenvalue weighted by atomic mass is 127. The number of fused-ring (bicyclic) bond motifs is 7. The van der Waals surface area contributed by atoms with Crippen molar-refractivity contribution in [3.63, 3.8) is 0 Å². The number of hydrogen-bond acceptors (Lipinski definition) is 0. The first-order chi connectivity index (χ1) is 23.2. The van der Waals surface area contributed by atoms with E-state index < -0.39 is 0 Å². The Labute approximate surface area is 288 Å². The van der Waals surface area contributed by atoms with Gasteiger partial charge in [-0.2, -0.15) is 0 Å². The Morgan fingerprint density at radius 2 is 0.915 bits per heavy atom. The number of rotatable bonds is 4. The minimum absolute atomic E-state index is 1.22. The molecule has 47 heavy (non-hydrogen) atoms. The third-order valence-corrected chi connectivity index (χ3v) is 10.0. The van der Waals surface area contributed by atoms with E-state index in [1.54, 1.807) is 0 Å². The first-order valence-corrected chi connectivity index (χ1v) is 17.3. The average Bonchev–Trinajstić information content (AvgIpc) is 3.46. The van der Waals surface area contributed by atoms with E-state index in [2.05, 4.69) is 197 Å². The molecule has 8 aromatic carbocycles. The van der Waals surface area contributed by atoms with Crippen LogP contribution in [0.3, 0.4) is 0 Å². The van der Waals surface area contributed by atoms with Crippen molar-refractivity contribution in [3.05, 3.63) is 185 Å². The van der Waals surface area contributed by atoms with Crippen LogP contribution in [0.4, 0.5) is 0 Å². The van der Waals surface area contributed by atoms with Crippen molar-refractivity contribution in [1.29, 1.82) is 0 Å². The third kappa shape index (κ3) is 4.81. The van der Waals surface area contributed by atoms with Crippen molar-refractivity contribution in [2.45, 2.75) is 0 Å². The van der Waals surface area contributed by atoms with Crippen LogP contribution in [0.15, 0.2) is 174 Å². The van der Waals surface area contributed by atoms with Gasteiger partial charge in [0.25, 0.3) is 0 Å². The fraction of sp³-hybridized carbons (Fsp3) is 0. The van der Waals surface area contributed by atoms with Crippen molar-refractivity contribution in [1.82, 2.24) is 0 Å². The Morgan fingerprint density at radius 1 is 0.340 bits per heavy atom. The zero-order chi connectivity index (χ0) is 31.3. The summed E-state index contributed by atoms with van der Waals surface area (Å²) in [6.45, 7) is 0. The van der Waals surface area contributed by atoms with E-state index in [0.29, 0.717) is 0 Å². The van der Waals surface area contributed by atoms with Gasteiger partial charge in [0.05, 0.1) is 0 Å². The number of allylic oxidation sites excluding steroid dienone is 2. The molecule has 0 heterocycles. The van der Waals surface area contributed by atoms with Gasteiger partial charge in [-0.15, -0.1) is 0 Å². The van der Waals surface area contributed by atoms with Crippen LogP contribution in [0.2, 0.25) is 0 Å². The normalized spacial score (nSPS) is 13.2. The van der Waals surface area contributed by atoms with Gasteiger partial charge in [-0.25, -0.2) is 0 Å². The van der Waals surface area contributed by atoms with Crippen molar-refractivity contribution in [2.75, 3.05) is 0 Å². The predicted molar refractivity (Wildman–Crippen MR) is 211 cm³/mol. The molecule has 8 aromatic rings. The van der Waals surface area contributed by atoms with E-state index in [1.807, 2.05) is 0 Å². The number of benzene rings is 8. The summed E-state index contributed by atoms with van der Waals surface area (Å²) in [4.78, 5) is 0. The van der Waals surface area contributed by atoms with E-state index in [-0.39, 0.29) is 0 Å². The molecule has 1 aliphatic carbocycles. The topological polar surface area (TPSA) is 0 Å². The maximum atomic E-state index is 2.35. The van der Waals surface area contributed by atoms with Gasteiger partial charge in [-0.05, 0) is 122 Å². The van der Waals surface area contributed by atoms with Gasteiger partial charge in [0, 0.05) is 0 Å². The Bertz CT molecular complexity index is 2570. The Hall–Kier alpha value is -5.25. The lowest BCUT2D eigenvalue weighted by Crippen LogP contribution is -1.86. The smallest absolute Gasteiger partial charge is 0.00928 e. The molecule has 1 heteroatoms. The lowest BCUT2D eigenvalue weighted by molar-refractivity contribution is 1.58. The van der Waals surface area contributed by atoms with Crippen molar-refractivity contribution < 1.29 is 0 Å². The van der Waals surface area contributed by atoms with E-state index in [0.717, 1.165) is 0 Å². The van der Waals surface area contributed by atoms with Gasteiger partial charge < -0.3 is 0 Å². The summed E-state index contributed by atoms with van der Waals surface area (Å²) in [6.07, 6.45) is 4.36. The third-order valence-electron chi connectivity index (χ3n) is 9.62. The molecule has 1 aliphatic rings. The van der Waals surface area contributed by atoms with Crippen LogP contribution in [0.5, 0.6) is 0 Å². The summed E-state index contributed by atoms with van der Waals surface area (Å²) in [5.41, 5.74) is 13.9. The Kier molecular flexibility index (Phi) is 6.87. The molecule has 0 spiro atoms. The predicted octanol–water partition coefficient (Wildman–Crippen LogP) is 13.5. The molecule has 0 bridgehead atoms. The minimum atomic E-state index is 1.22. The van der Waals surface area contributed by atoms with E-state index in [1.165, 1.54) is 93.5 Å². The maximum absolute atomic E-state index is 2.35. The summed E-state index contributed by atoms with van der Waals surface area (Å²) >= 11 is 2.29.